The Balaban J connectivity index is 3.71. The van der Waals surface area contributed by atoms with E-state index >= 15 is 0 Å². The van der Waals surface area contributed by atoms with E-state index in [1.807, 2.05) is 0 Å². The summed E-state index contributed by atoms with van der Waals surface area (Å²) in [4.78, 5) is 7.12. The van der Waals surface area contributed by atoms with Crippen LogP contribution in [0.1, 0.15) is 72.6 Å². The van der Waals surface area contributed by atoms with Crippen molar-refractivity contribution < 1.29 is 0 Å². The van der Waals surface area contributed by atoms with E-state index in [0.29, 0.717) is 0 Å². The van der Waals surface area contributed by atoms with Crippen LogP contribution in [-0.2, 0) is 0 Å². The molecule has 0 bridgehead atoms. The number of nitrogens with zero attached hydrogens (tertiary/aromatic N) is 2. The third-order valence-corrected chi connectivity index (χ3v) is 3.25. The average Bonchev–Trinajstić information content (AvgIpc) is 2.36. The normalized spacial score (nSPS) is 11.9. The van der Waals surface area contributed by atoms with Gasteiger partial charge in [-0.05, 0) is 20.3 Å². The molecule has 0 radical (unpaired) electrons. The summed E-state index contributed by atoms with van der Waals surface area (Å²) in [6.07, 6.45) is 9.18. The highest BCUT2D eigenvalue weighted by atomic mass is 15.2. The van der Waals surface area contributed by atoms with Crippen LogP contribution in [0.5, 0.6) is 0 Å². The molecule has 0 unspecified atom stereocenters. The molecule has 0 aliphatic carbocycles. The summed E-state index contributed by atoms with van der Waals surface area (Å²) >= 11 is 0. The lowest BCUT2D eigenvalue weighted by Crippen LogP contribution is -2.30. The first-order valence-corrected chi connectivity index (χ1v) is 7.58. The molecule has 2 nitrogen and oxygen atoms in total. The summed E-state index contributed by atoms with van der Waals surface area (Å²) in [7, 11) is 0. The van der Waals surface area contributed by atoms with Crippen molar-refractivity contribution in [1.82, 2.24) is 4.90 Å². The first-order valence-electron chi connectivity index (χ1n) is 7.58. The van der Waals surface area contributed by atoms with Crippen LogP contribution in [0.25, 0.3) is 0 Å². The molecule has 0 saturated carbocycles. The molecule has 102 valence electrons. The summed E-state index contributed by atoms with van der Waals surface area (Å²) in [6, 6.07) is 0. The fourth-order valence-corrected chi connectivity index (χ4v) is 2.12. The van der Waals surface area contributed by atoms with Gasteiger partial charge in [-0.1, -0.05) is 46.0 Å². The zero-order valence-corrected chi connectivity index (χ0v) is 12.5. The molecule has 0 aromatic carbocycles. The largest absolute Gasteiger partial charge is 0.361 e. The van der Waals surface area contributed by atoms with Crippen molar-refractivity contribution in [3.05, 3.63) is 0 Å². The van der Waals surface area contributed by atoms with Crippen LogP contribution in [0.3, 0.4) is 0 Å². The molecular weight excluding hydrogens is 208 g/mol. The molecule has 0 atom stereocenters. The smallest absolute Gasteiger partial charge is 0.0985 e. The Morgan fingerprint density at radius 3 is 1.94 bits per heavy atom. The summed E-state index contributed by atoms with van der Waals surface area (Å²) in [5.74, 6) is 1.29. The number of amidine groups is 1. The first-order chi connectivity index (χ1) is 8.29. The highest BCUT2D eigenvalue weighted by Crippen LogP contribution is 2.05. The zero-order valence-electron chi connectivity index (χ0n) is 12.5. The lowest BCUT2D eigenvalue weighted by atomic mass is 10.1. The predicted molar refractivity (Wildman–Crippen MR) is 78.9 cm³/mol. The Morgan fingerprint density at radius 2 is 1.41 bits per heavy atom. The third kappa shape index (κ3) is 8.23. The summed E-state index contributed by atoms with van der Waals surface area (Å²) < 4.78 is 0. The van der Waals surface area contributed by atoms with Crippen molar-refractivity contribution in [3.8, 4) is 0 Å². The Labute approximate surface area is 109 Å². The second kappa shape index (κ2) is 11.9. The van der Waals surface area contributed by atoms with Crippen LogP contribution in [0, 0.1) is 0 Å². The number of aliphatic imine (C=N–C) groups is 1. The summed E-state index contributed by atoms with van der Waals surface area (Å²) in [6.45, 7) is 12.1. The number of hydrogen-bond acceptors (Lipinski definition) is 1. The number of rotatable bonds is 10. The topological polar surface area (TPSA) is 15.6 Å². The van der Waals surface area contributed by atoms with Crippen molar-refractivity contribution in [2.45, 2.75) is 72.6 Å². The molecule has 0 spiro atoms. The molecule has 0 saturated heterocycles. The average molecular weight is 240 g/mol. The van der Waals surface area contributed by atoms with Gasteiger partial charge in [-0.2, -0.15) is 0 Å². The zero-order chi connectivity index (χ0) is 12.9. The molecule has 0 aliphatic heterocycles. The Kier molecular flexibility index (Phi) is 11.6. The maximum absolute atomic E-state index is 4.74. The van der Waals surface area contributed by atoms with Crippen molar-refractivity contribution >= 4 is 5.84 Å². The fraction of sp³-hybridized carbons (Fsp3) is 0.933. The molecule has 0 heterocycles. The minimum absolute atomic E-state index is 1.02. The van der Waals surface area contributed by atoms with Crippen LogP contribution < -0.4 is 0 Å². The van der Waals surface area contributed by atoms with Crippen LogP contribution in [0.4, 0.5) is 0 Å². The van der Waals surface area contributed by atoms with Gasteiger partial charge in [0.15, 0.2) is 0 Å². The van der Waals surface area contributed by atoms with Gasteiger partial charge in [-0.15, -0.1) is 0 Å². The predicted octanol–water partition coefficient (Wildman–Crippen LogP) is 4.50. The van der Waals surface area contributed by atoms with Gasteiger partial charge in [-0.25, -0.2) is 0 Å². The second-order valence-corrected chi connectivity index (χ2v) is 4.59. The Bertz CT molecular complexity index is 183. The van der Waals surface area contributed by atoms with E-state index in [4.69, 9.17) is 4.99 Å². The van der Waals surface area contributed by atoms with E-state index in [9.17, 15) is 0 Å². The van der Waals surface area contributed by atoms with Crippen molar-refractivity contribution in [2.24, 2.45) is 4.99 Å². The molecule has 2 heteroatoms. The number of hydrogen-bond donors (Lipinski definition) is 0. The quantitative estimate of drug-likeness (QED) is 0.312. The fourth-order valence-electron chi connectivity index (χ4n) is 2.12. The Morgan fingerprint density at radius 1 is 0.824 bits per heavy atom. The third-order valence-electron chi connectivity index (χ3n) is 3.25. The molecule has 0 aliphatic rings. The van der Waals surface area contributed by atoms with Crippen LogP contribution in [0.2, 0.25) is 0 Å². The minimum atomic E-state index is 1.02. The van der Waals surface area contributed by atoms with Gasteiger partial charge in [0.05, 0.1) is 5.84 Å². The van der Waals surface area contributed by atoms with Gasteiger partial charge in [-0.3, -0.25) is 4.99 Å². The van der Waals surface area contributed by atoms with Gasteiger partial charge < -0.3 is 4.90 Å². The Hall–Kier alpha value is -0.530. The maximum Gasteiger partial charge on any atom is 0.0985 e. The van der Waals surface area contributed by atoms with Gasteiger partial charge in [0.1, 0.15) is 0 Å². The molecule has 0 aromatic rings. The van der Waals surface area contributed by atoms with Crippen molar-refractivity contribution in [1.29, 1.82) is 0 Å². The lowest BCUT2D eigenvalue weighted by molar-refractivity contribution is 0.454. The molecule has 0 amide bonds. The molecule has 0 N–H and O–H groups in total. The van der Waals surface area contributed by atoms with Crippen LogP contribution >= 0.6 is 0 Å². The number of unbranched alkanes of at least 4 members (excludes halogenated alkanes) is 5. The van der Waals surface area contributed by atoms with E-state index in [1.54, 1.807) is 0 Å². The maximum atomic E-state index is 4.74. The van der Waals surface area contributed by atoms with Gasteiger partial charge in [0, 0.05) is 26.1 Å². The van der Waals surface area contributed by atoms with E-state index in [1.165, 1.54) is 44.4 Å². The standard InChI is InChI=1S/C15H32N2/c1-5-9-10-11-12-13-14-16-15(6-2)17(7-3)8-4/h5-14H2,1-4H3. The highest BCUT2D eigenvalue weighted by molar-refractivity contribution is 5.81. The first kappa shape index (κ1) is 16.5. The van der Waals surface area contributed by atoms with E-state index in [0.717, 1.165) is 26.1 Å². The monoisotopic (exact) mass is 240 g/mol. The molecule has 0 rings (SSSR count). The summed E-state index contributed by atoms with van der Waals surface area (Å²) in [5.41, 5.74) is 0. The van der Waals surface area contributed by atoms with Gasteiger partial charge >= 0.3 is 0 Å². The van der Waals surface area contributed by atoms with E-state index < -0.39 is 0 Å². The summed E-state index contributed by atoms with van der Waals surface area (Å²) in [5, 5.41) is 0. The molecule has 17 heavy (non-hydrogen) atoms. The van der Waals surface area contributed by atoms with Crippen LogP contribution in [0.15, 0.2) is 4.99 Å². The van der Waals surface area contributed by atoms with Crippen molar-refractivity contribution in [3.63, 3.8) is 0 Å². The van der Waals surface area contributed by atoms with Crippen molar-refractivity contribution in [2.75, 3.05) is 19.6 Å². The van der Waals surface area contributed by atoms with Gasteiger partial charge in [0.2, 0.25) is 0 Å². The molecule has 0 fully saturated rings. The van der Waals surface area contributed by atoms with E-state index in [2.05, 4.69) is 32.6 Å². The molecular formula is C15H32N2. The minimum Gasteiger partial charge on any atom is -0.361 e. The van der Waals surface area contributed by atoms with Gasteiger partial charge in [0.25, 0.3) is 0 Å². The SMILES string of the molecule is CCCCCCCCN=C(CC)N(CC)CC. The molecule has 0 aromatic heterocycles. The van der Waals surface area contributed by atoms with Crippen LogP contribution in [-0.4, -0.2) is 30.4 Å². The highest BCUT2D eigenvalue weighted by Gasteiger charge is 2.03. The van der Waals surface area contributed by atoms with E-state index in [-0.39, 0.29) is 0 Å². The lowest BCUT2D eigenvalue weighted by Gasteiger charge is -2.22. The second-order valence-electron chi connectivity index (χ2n) is 4.59.